The first-order valence-electron chi connectivity index (χ1n) is 6.97. The summed E-state index contributed by atoms with van der Waals surface area (Å²) >= 11 is 0. The zero-order valence-corrected chi connectivity index (χ0v) is 12.9. The Morgan fingerprint density at radius 2 is 2.08 bits per heavy atom. The number of nitrogens with two attached hydrogens (primary N) is 1. The molecule has 1 aromatic carbocycles. The van der Waals surface area contributed by atoms with E-state index in [9.17, 15) is 13.6 Å². The van der Waals surface area contributed by atoms with Crippen LogP contribution in [0.2, 0.25) is 0 Å². The molecule has 3 aromatic rings. The topological polar surface area (TPSA) is 102 Å². The van der Waals surface area contributed by atoms with Crippen LogP contribution in [-0.4, -0.2) is 27.6 Å². The molecule has 0 aliphatic heterocycles. The van der Waals surface area contributed by atoms with E-state index in [2.05, 4.69) is 20.5 Å². The van der Waals surface area contributed by atoms with Crippen molar-refractivity contribution >= 4 is 30.6 Å². The van der Waals surface area contributed by atoms with E-state index in [1.54, 1.807) is 13.9 Å². The van der Waals surface area contributed by atoms with Crippen LogP contribution in [0.1, 0.15) is 0 Å². The highest BCUT2D eigenvalue weighted by Gasteiger charge is 2.19. The molecular weight excluding hydrogens is 317 g/mol. The van der Waals surface area contributed by atoms with E-state index in [4.69, 9.17) is 5.73 Å². The predicted molar refractivity (Wildman–Crippen MR) is 89.3 cm³/mol. The van der Waals surface area contributed by atoms with Crippen molar-refractivity contribution in [2.75, 3.05) is 11.1 Å². The Hall–Kier alpha value is -3.17. The number of nitrogens with one attached hydrogen (secondary N) is 2. The normalized spacial score (nSPS) is 10.8. The van der Waals surface area contributed by atoms with Crippen LogP contribution in [-0.2, 0) is 7.05 Å². The molecule has 2 heterocycles. The van der Waals surface area contributed by atoms with Gasteiger partial charge in [-0.2, -0.15) is 4.39 Å². The molecule has 0 radical (unpaired) electrons. The molecule has 0 aliphatic carbocycles. The molecule has 3 rings (SSSR count). The Bertz CT molecular complexity index is 984. The largest absolute Gasteiger partial charge is 0.368 e. The fraction of sp³-hybridized carbons (Fsp3) is 0.0714. The molecular formula is C14H13BF2N6O. The van der Waals surface area contributed by atoms with Crippen molar-refractivity contribution in [1.82, 2.24) is 19.7 Å². The molecule has 10 heteroatoms. The van der Waals surface area contributed by atoms with Gasteiger partial charge in [0.1, 0.15) is 13.7 Å². The molecule has 0 saturated carbocycles. The average molecular weight is 330 g/mol. The summed E-state index contributed by atoms with van der Waals surface area (Å²) in [5.41, 5.74) is 5.36. The molecule has 2 aromatic heterocycles. The Morgan fingerprint density at radius 3 is 2.71 bits per heavy atom. The van der Waals surface area contributed by atoms with Gasteiger partial charge in [-0.25, -0.2) is 4.39 Å². The van der Waals surface area contributed by atoms with Gasteiger partial charge in [0.05, 0.1) is 16.9 Å². The Balaban J connectivity index is 2.18. The minimum absolute atomic E-state index is 0.0292. The monoisotopic (exact) mass is 330 g/mol. The SMILES string of the molecule is Bc1ccc(Nc2c(-c3nnc(N)[nH]3)cn(C)c(=O)c2F)c(F)c1. The highest BCUT2D eigenvalue weighted by atomic mass is 19.1. The first-order chi connectivity index (χ1) is 11.4. The van der Waals surface area contributed by atoms with E-state index < -0.39 is 17.2 Å². The van der Waals surface area contributed by atoms with Crippen LogP contribution in [0.15, 0.2) is 29.2 Å². The summed E-state index contributed by atoms with van der Waals surface area (Å²) in [7, 11) is 3.12. The van der Waals surface area contributed by atoms with Gasteiger partial charge in [0.2, 0.25) is 11.8 Å². The quantitative estimate of drug-likeness (QED) is 0.588. The molecule has 122 valence electrons. The van der Waals surface area contributed by atoms with Gasteiger partial charge >= 0.3 is 0 Å². The summed E-state index contributed by atoms with van der Waals surface area (Å²) in [5.74, 6) is -1.45. The van der Waals surface area contributed by atoms with Crippen molar-refractivity contribution in [1.29, 1.82) is 0 Å². The van der Waals surface area contributed by atoms with Gasteiger partial charge in [0, 0.05) is 13.2 Å². The van der Waals surface area contributed by atoms with Gasteiger partial charge < -0.3 is 20.6 Å². The van der Waals surface area contributed by atoms with Crippen molar-refractivity contribution in [3.63, 3.8) is 0 Å². The van der Waals surface area contributed by atoms with Crippen LogP contribution >= 0.6 is 0 Å². The maximum atomic E-state index is 14.5. The van der Waals surface area contributed by atoms with Crippen molar-refractivity contribution < 1.29 is 8.78 Å². The van der Waals surface area contributed by atoms with Gasteiger partial charge in [-0.05, 0) is 12.1 Å². The molecule has 7 nitrogen and oxygen atoms in total. The van der Waals surface area contributed by atoms with E-state index in [0.717, 1.165) is 4.57 Å². The number of aryl methyl sites for hydroxylation is 1. The summed E-state index contributed by atoms with van der Waals surface area (Å²) in [6, 6.07) is 4.42. The first kappa shape index (κ1) is 15.7. The number of aromatic amines is 1. The zero-order valence-electron chi connectivity index (χ0n) is 12.9. The van der Waals surface area contributed by atoms with Gasteiger partial charge in [0.15, 0.2) is 5.82 Å². The fourth-order valence-corrected chi connectivity index (χ4v) is 2.25. The third-order valence-corrected chi connectivity index (χ3v) is 3.46. The molecule has 0 bridgehead atoms. The second-order valence-corrected chi connectivity index (χ2v) is 5.31. The van der Waals surface area contributed by atoms with Crippen LogP contribution < -0.4 is 22.1 Å². The standard InChI is InChI=1S/C14H13BF2N6O/c1-23-5-7(12-20-14(18)22-21-12)11(10(17)13(23)24)19-9-3-2-6(15)4-8(9)16/h2-5,19H,15H2,1H3,(H3,18,20,21,22). The number of anilines is 3. The number of rotatable bonds is 3. The number of aromatic nitrogens is 4. The van der Waals surface area contributed by atoms with Crippen molar-refractivity contribution in [3.05, 3.63) is 46.4 Å². The fourth-order valence-electron chi connectivity index (χ4n) is 2.25. The molecule has 0 atom stereocenters. The summed E-state index contributed by atoms with van der Waals surface area (Å²) in [5, 5.41) is 10.0. The summed E-state index contributed by atoms with van der Waals surface area (Å²) in [4.78, 5) is 14.5. The number of nitrogens with zero attached hydrogens (tertiary/aromatic N) is 3. The third-order valence-electron chi connectivity index (χ3n) is 3.46. The molecule has 0 saturated heterocycles. The van der Waals surface area contributed by atoms with Gasteiger partial charge in [-0.15, -0.1) is 10.2 Å². The van der Waals surface area contributed by atoms with Crippen LogP contribution in [0.4, 0.5) is 26.1 Å². The van der Waals surface area contributed by atoms with Crippen molar-refractivity contribution in [2.24, 2.45) is 7.05 Å². The van der Waals surface area contributed by atoms with E-state index in [-0.39, 0.29) is 28.7 Å². The number of nitrogen functional groups attached to an aromatic ring is 1. The maximum Gasteiger partial charge on any atom is 0.288 e. The minimum Gasteiger partial charge on any atom is -0.368 e. The second-order valence-electron chi connectivity index (χ2n) is 5.31. The first-order valence-corrected chi connectivity index (χ1v) is 6.97. The smallest absolute Gasteiger partial charge is 0.288 e. The lowest BCUT2D eigenvalue weighted by atomic mass is 9.96. The molecule has 0 unspecified atom stereocenters. The summed E-state index contributed by atoms with van der Waals surface area (Å²) in [6.45, 7) is 0. The lowest BCUT2D eigenvalue weighted by molar-refractivity contribution is 0.594. The van der Waals surface area contributed by atoms with Crippen LogP contribution in [0.25, 0.3) is 11.4 Å². The molecule has 24 heavy (non-hydrogen) atoms. The van der Waals surface area contributed by atoms with E-state index in [1.165, 1.54) is 25.4 Å². The highest BCUT2D eigenvalue weighted by molar-refractivity contribution is 6.32. The van der Waals surface area contributed by atoms with Crippen LogP contribution in [0.3, 0.4) is 0 Å². The molecule has 4 N–H and O–H groups in total. The van der Waals surface area contributed by atoms with Gasteiger partial charge in [-0.3, -0.25) is 4.79 Å². The number of pyridine rings is 1. The van der Waals surface area contributed by atoms with Gasteiger partial charge in [-0.1, -0.05) is 11.5 Å². The molecule has 0 fully saturated rings. The van der Waals surface area contributed by atoms with Crippen molar-refractivity contribution in [2.45, 2.75) is 0 Å². The van der Waals surface area contributed by atoms with E-state index >= 15 is 0 Å². The number of hydrogen-bond donors (Lipinski definition) is 3. The predicted octanol–water partition coefficient (Wildman–Crippen LogP) is 0.0328. The number of halogens is 2. The number of hydrogen-bond acceptors (Lipinski definition) is 5. The maximum absolute atomic E-state index is 14.5. The lowest BCUT2D eigenvalue weighted by Crippen LogP contribution is -2.22. The third kappa shape index (κ3) is 2.73. The lowest BCUT2D eigenvalue weighted by Gasteiger charge is -2.13. The average Bonchev–Trinajstić information content (AvgIpc) is 2.96. The highest BCUT2D eigenvalue weighted by Crippen LogP contribution is 2.29. The molecule has 0 amide bonds. The van der Waals surface area contributed by atoms with Crippen molar-refractivity contribution in [3.8, 4) is 11.4 Å². The van der Waals surface area contributed by atoms with Gasteiger partial charge in [0.25, 0.3) is 5.56 Å². The molecule has 0 spiro atoms. The van der Waals surface area contributed by atoms with E-state index in [0.29, 0.717) is 5.46 Å². The Morgan fingerprint density at radius 1 is 1.33 bits per heavy atom. The van der Waals surface area contributed by atoms with E-state index in [1.807, 2.05) is 0 Å². The zero-order chi connectivity index (χ0) is 17.4. The van der Waals surface area contributed by atoms with Crippen LogP contribution in [0.5, 0.6) is 0 Å². The minimum atomic E-state index is -1.06. The molecule has 0 aliphatic rings. The van der Waals surface area contributed by atoms with Crippen LogP contribution in [0, 0.1) is 11.6 Å². The summed E-state index contributed by atoms with van der Waals surface area (Å²) < 4.78 is 29.6. The number of benzene rings is 1. The second kappa shape index (κ2) is 5.80. The number of H-pyrrole nitrogens is 1. The Kier molecular flexibility index (Phi) is 3.80. The Labute approximate surface area is 135 Å². The summed E-state index contributed by atoms with van der Waals surface area (Å²) in [6.07, 6.45) is 1.36.